The molecule has 100 valence electrons. The van der Waals surface area contributed by atoms with E-state index in [-0.39, 0.29) is 0 Å². The van der Waals surface area contributed by atoms with Crippen molar-refractivity contribution in [2.75, 3.05) is 7.11 Å². The van der Waals surface area contributed by atoms with Crippen molar-refractivity contribution in [3.05, 3.63) is 53.4 Å². The molecule has 0 spiro atoms. The Balaban J connectivity index is 2.16. The molecule has 0 aliphatic carbocycles. The maximum absolute atomic E-state index is 11.1. The Kier molecular flexibility index (Phi) is 3.16. The van der Waals surface area contributed by atoms with Gasteiger partial charge in [0.2, 0.25) is 0 Å². The highest BCUT2D eigenvalue weighted by Gasteiger charge is 2.12. The first-order valence-electron chi connectivity index (χ1n) is 6.09. The van der Waals surface area contributed by atoms with Crippen LogP contribution in [0.4, 0.5) is 0 Å². The zero-order valence-corrected chi connectivity index (χ0v) is 11.6. The second kappa shape index (κ2) is 4.98. The highest BCUT2D eigenvalue weighted by Crippen LogP contribution is 2.35. The first-order chi connectivity index (χ1) is 9.69. The molecule has 20 heavy (non-hydrogen) atoms. The average Bonchev–Trinajstić information content (AvgIpc) is 2.91. The van der Waals surface area contributed by atoms with Crippen LogP contribution in [0.2, 0.25) is 0 Å². The van der Waals surface area contributed by atoms with Crippen LogP contribution < -0.4 is 4.74 Å². The van der Waals surface area contributed by atoms with Crippen LogP contribution in [0.3, 0.4) is 0 Å². The second-order valence-electron chi connectivity index (χ2n) is 4.37. The maximum Gasteiger partial charge on any atom is 0.345 e. The van der Waals surface area contributed by atoms with E-state index in [1.165, 1.54) is 11.3 Å². The van der Waals surface area contributed by atoms with Crippen LogP contribution in [0.1, 0.15) is 9.67 Å². The molecular formula is C16H12O3S. The summed E-state index contributed by atoms with van der Waals surface area (Å²) in [6.07, 6.45) is 0. The Hall–Kier alpha value is -2.33. The van der Waals surface area contributed by atoms with E-state index in [1.54, 1.807) is 13.2 Å². The van der Waals surface area contributed by atoms with Crippen molar-refractivity contribution in [3.63, 3.8) is 0 Å². The number of thiophene rings is 1. The molecule has 0 saturated heterocycles. The highest BCUT2D eigenvalue weighted by atomic mass is 32.1. The standard InChI is InChI=1S/C16H12O3S/c1-19-12-7-5-10(6-8-12)13-4-2-3-11-9-14(16(17)18)20-15(11)13/h2-9H,1H3,(H,17,18). The van der Waals surface area contributed by atoms with Gasteiger partial charge in [0, 0.05) is 4.70 Å². The van der Waals surface area contributed by atoms with Crippen LogP contribution in [0.25, 0.3) is 21.2 Å². The smallest absolute Gasteiger partial charge is 0.345 e. The van der Waals surface area contributed by atoms with Crippen molar-refractivity contribution in [1.82, 2.24) is 0 Å². The maximum atomic E-state index is 11.1. The number of fused-ring (bicyclic) bond motifs is 1. The lowest BCUT2D eigenvalue weighted by atomic mass is 10.0. The molecule has 0 unspecified atom stereocenters. The molecule has 1 N–H and O–H groups in total. The second-order valence-corrected chi connectivity index (χ2v) is 5.42. The number of ether oxygens (including phenoxy) is 1. The van der Waals surface area contributed by atoms with Gasteiger partial charge in [-0.1, -0.05) is 30.3 Å². The number of carboxylic acids is 1. The molecule has 0 saturated carbocycles. The molecule has 0 atom stereocenters. The number of carboxylic acid groups (broad SMARTS) is 1. The van der Waals surface area contributed by atoms with E-state index < -0.39 is 5.97 Å². The first kappa shape index (κ1) is 12.7. The topological polar surface area (TPSA) is 46.5 Å². The molecule has 3 nitrogen and oxygen atoms in total. The molecule has 0 fully saturated rings. The van der Waals surface area contributed by atoms with Crippen LogP contribution in [-0.2, 0) is 0 Å². The Morgan fingerprint density at radius 1 is 1.15 bits per heavy atom. The number of carbonyl (C=O) groups is 1. The number of rotatable bonds is 3. The highest BCUT2D eigenvalue weighted by molar-refractivity contribution is 7.21. The molecule has 3 rings (SSSR count). The summed E-state index contributed by atoms with van der Waals surface area (Å²) in [6, 6.07) is 15.4. The van der Waals surface area contributed by atoms with Gasteiger partial charge in [-0.15, -0.1) is 11.3 Å². The fourth-order valence-electron chi connectivity index (χ4n) is 2.17. The van der Waals surface area contributed by atoms with E-state index in [4.69, 9.17) is 9.84 Å². The summed E-state index contributed by atoms with van der Waals surface area (Å²) in [6.45, 7) is 0. The van der Waals surface area contributed by atoms with Crippen molar-refractivity contribution in [1.29, 1.82) is 0 Å². The summed E-state index contributed by atoms with van der Waals surface area (Å²) >= 11 is 1.31. The van der Waals surface area contributed by atoms with Crippen LogP contribution in [-0.4, -0.2) is 18.2 Å². The minimum absolute atomic E-state index is 0.362. The van der Waals surface area contributed by atoms with Gasteiger partial charge in [-0.05, 0) is 34.7 Å². The van der Waals surface area contributed by atoms with Crippen molar-refractivity contribution in [2.24, 2.45) is 0 Å². The van der Waals surface area contributed by atoms with Crippen LogP contribution >= 0.6 is 11.3 Å². The minimum Gasteiger partial charge on any atom is -0.497 e. The zero-order chi connectivity index (χ0) is 14.1. The SMILES string of the molecule is COc1ccc(-c2cccc3cc(C(=O)O)sc23)cc1. The molecule has 1 heterocycles. The summed E-state index contributed by atoms with van der Waals surface area (Å²) in [5, 5.41) is 10.1. The van der Waals surface area contributed by atoms with Gasteiger partial charge in [0.05, 0.1) is 7.11 Å². The normalized spacial score (nSPS) is 10.7. The molecule has 4 heteroatoms. The van der Waals surface area contributed by atoms with Gasteiger partial charge in [0.1, 0.15) is 10.6 Å². The van der Waals surface area contributed by atoms with Crippen molar-refractivity contribution < 1.29 is 14.6 Å². The Bertz CT molecular complexity index is 772. The summed E-state index contributed by atoms with van der Waals surface area (Å²) in [5.74, 6) is -0.0785. The number of benzene rings is 2. The Morgan fingerprint density at radius 3 is 2.55 bits per heavy atom. The molecule has 0 amide bonds. The molecule has 0 aliphatic rings. The quantitative estimate of drug-likeness (QED) is 0.781. The third-order valence-corrected chi connectivity index (χ3v) is 4.33. The average molecular weight is 284 g/mol. The number of methoxy groups -OCH3 is 1. The van der Waals surface area contributed by atoms with Gasteiger partial charge in [-0.2, -0.15) is 0 Å². The third kappa shape index (κ3) is 2.14. The van der Waals surface area contributed by atoms with Gasteiger partial charge in [0.15, 0.2) is 0 Å². The molecule has 0 aliphatic heterocycles. The van der Waals surface area contributed by atoms with E-state index in [2.05, 4.69) is 0 Å². The van der Waals surface area contributed by atoms with E-state index in [1.807, 2.05) is 42.5 Å². The van der Waals surface area contributed by atoms with Crippen LogP contribution in [0.15, 0.2) is 48.5 Å². The van der Waals surface area contributed by atoms with Gasteiger partial charge >= 0.3 is 5.97 Å². The third-order valence-electron chi connectivity index (χ3n) is 3.16. The predicted molar refractivity (Wildman–Crippen MR) is 80.8 cm³/mol. The van der Waals surface area contributed by atoms with E-state index in [9.17, 15) is 4.79 Å². The van der Waals surface area contributed by atoms with Crippen molar-refractivity contribution in [2.45, 2.75) is 0 Å². The van der Waals surface area contributed by atoms with Gasteiger partial charge in [0.25, 0.3) is 0 Å². The number of aromatic carboxylic acids is 1. The molecule has 0 radical (unpaired) electrons. The van der Waals surface area contributed by atoms with Gasteiger partial charge < -0.3 is 9.84 Å². The summed E-state index contributed by atoms with van der Waals surface area (Å²) in [5.41, 5.74) is 2.10. The van der Waals surface area contributed by atoms with E-state index >= 15 is 0 Å². The molecular weight excluding hydrogens is 272 g/mol. The van der Waals surface area contributed by atoms with Gasteiger partial charge in [-0.3, -0.25) is 0 Å². The summed E-state index contributed by atoms with van der Waals surface area (Å²) < 4.78 is 6.15. The Labute approximate surface area is 120 Å². The first-order valence-corrected chi connectivity index (χ1v) is 6.91. The lowest BCUT2D eigenvalue weighted by molar-refractivity contribution is 0.0702. The van der Waals surface area contributed by atoms with E-state index in [0.717, 1.165) is 27.0 Å². The van der Waals surface area contributed by atoms with Crippen molar-refractivity contribution in [3.8, 4) is 16.9 Å². The predicted octanol–water partition coefficient (Wildman–Crippen LogP) is 4.28. The van der Waals surface area contributed by atoms with Crippen LogP contribution in [0.5, 0.6) is 5.75 Å². The van der Waals surface area contributed by atoms with Crippen molar-refractivity contribution >= 4 is 27.4 Å². The summed E-state index contributed by atoms with van der Waals surface area (Å²) in [7, 11) is 1.63. The fourth-order valence-corrected chi connectivity index (χ4v) is 3.20. The molecule has 1 aromatic heterocycles. The Morgan fingerprint density at radius 2 is 1.90 bits per heavy atom. The fraction of sp³-hybridized carbons (Fsp3) is 0.0625. The monoisotopic (exact) mass is 284 g/mol. The van der Waals surface area contributed by atoms with E-state index in [0.29, 0.717) is 4.88 Å². The largest absolute Gasteiger partial charge is 0.497 e. The lowest BCUT2D eigenvalue weighted by Gasteiger charge is -2.05. The lowest BCUT2D eigenvalue weighted by Crippen LogP contribution is -1.89. The minimum atomic E-state index is -0.883. The number of hydrogen-bond donors (Lipinski definition) is 1. The van der Waals surface area contributed by atoms with Crippen LogP contribution in [0, 0.1) is 0 Å². The van der Waals surface area contributed by atoms with Gasteiger partial charge in [-0.25, -0.2) is 4.79 Å². The summed E-state index contributed by atoms with van der Waals surface area (Å²) in [4.78, 5) is 11.5. The molecule has 0 bridgehead atoms. The molecule has 3 aromatic rings. The molecule has 2 aromatic carbocycles. The number of hydrogen-bond acceptors (Lipinski definition) is 3. The zero-order valence-electron chi connectivity index (χ0n) is 10.8.